The average molecular weight is 323 g/mol. The van der Waals surface area contributed by atoms with Crippen molar-refractivity contribution in [2.24, 2.45) is 5.73 Å². The first-order valence-corrected chi connectivity index (χ1v) is 7.66. The second kappa shape index (κ2) is 8.64. The van der Waals surface area contributed by atoms with Crippen LogP contribution < -0.4 is 11.1 Å². The van der Waals surface area contributed by atoms with E-state index < -0.39 is 5.91 Å². The van der Waals surface area contributed by atoms with Gasteiger partial charge in [-0.15, -0.1) is 6.58 Å². The summed E-state index contributed by atoms with van der Waals surface area (Å²) in [7, 11) is 0. The standard InChI is InChI=1S/C19H21N3O2/c1-2-12-22(13-15-8-4-3-5-9-15)14-18(23)21-17-11-7-6-10-16(17)19(20)24/h2-11H,1,12-14H2,(H2,20,24)(H,21,23). The molecule has 0 atom stereocenters. The van der Waals surface area contributed by atoms with Gasteiger partial charge in [-0.3, -0.25) is 14.5 Å². The van der Waals surface area contributed by atoms with Crippen molar-refractivity contribution in [1.29, 1.82) is 0 Å². The van der Waals surface area contributed by atoms with E-state index in [2.05, 4.69) is 11.9 Å². The molecule has 3 N–H and O–H groups in total. The molecule has 0 aliphatic carbocycles. The molecule has 0 aliphatic rings. The first-order valence-electron chi connectivity index (χ1n) is 7.66. The zero-order valence-electron chi connectivity index (χ0n) is 13.4. The molecule has 2 aromatic rings. The molecular formula is C19H21N3O2. The van der Waals surface area contributed by atoms with E-state index in [1.54, 1.807) is 30.3 Å². The Morgan fingerprint density at radius 2 is 1.75 bits per heavy atom. The Morgan fingerprint density at radius 3 is 2.42 bits per heavy atom. The van der Waals surface area contributed by atoms with Crippen LogP contribution in [0.2, 0.25) is 0 Å². The number of para-hydroxylation sites is 1. The van der Waals surface area contributed by atoms with Gasteiger partial charge in [0, 0.05) is 13.1 Å². The number of nitrogens with zero attached hydrogens (tertiary/aromatic N) is 1. The molecule has 5 nitrogen and oxygen atoms in total. The number of hydrogen-bond donors (Lipinski definition) is 2. The van der Waals surface area contributed by atoms with Crippen molar-refractivity contribution >= 4 is 17.5 Å². The fourth-order valence-electron chi connectivity index (χ4n) is 2.41. The third kappa shape index (κ3) is 5.07. The van der Waals surface area contributed by atoms with Crippen LogP contribution in [0.15, 0.2) is 67.3 Å². The van der Waals surface area contributed by atoms with Gasteiger partial charge in [0.2, 0.25) is 5.91 Å². The molecule has 0 radical (unpaired) electrons. The highest BCUT2D eigenvalue weighted by molar-refractivity contribution is 6.03. The van der Waals surface area contributed by atoms with Crippen LogP contribution in [0.4, 0.5) is 5.69 Å². The van der Waals surface area contributed by atoms with Crippen LogP contribution in [0.25, 0.3) is 0 Å². The first-order chi connectivity index (χ1) is 11.6. The van der Waals surface area contributed by atoms with Crippen molar-refractivity contribution in [1.82, 2.24) is 4.90 Å². The van der Waals surface area contributed by atoms with Gasteiger partial charge in [0.1, 0.15) is 0 Å². The smallest absolute Gasteiger partial charge is 0.250 e. The minimum atomic E-state index is -0.571. The van der Waals surface area contributed by atoms with Gasteiger partial charge in [-0.2, -0.15) is 0 Å². The molecule has 2 aromatic carbocycles. The summed E-state index contributed by atoms with van der Waals surface area (Å²) in [6.45, 7) is 5.14. The number of hydrogen-bond acceptors (Lipinski definition) is 3. The molecule has 0 aromatic heterocycles. The summed E-state index contributed by atoms with van der Waals surface area (Å²) in [5.74, 6) is -0.778. The zero-order valence-corrected chi connectivity index (χ0v) is 13.4. The molecule has 0 bridgehead atoms. The predicted molar refractivity (Wildman–Crippen MR) is 95.5 cm³/mol. The molecule has 124 valence electrons. The molecule has 0 saturated heterocycles. The fourth-order valence-corrected chi connectivity index (χ4v) is 2.41. The zero-order chi connectivity index (χ0) is 17.4. The van der Waals surface area contributed by atoms with Crippen molar-refractivity contribution in [3.05, 3.63) is 78.4 Å². The lowest BCUT2D eigenvalue weighted by atomic mass is 10.1. The summed E-state index contributed by atoms with van der Waals surface area (Å²) in [6.07, 6.45) is 1.76. The third-order valence-electron chi connectivity index (χ3n) is 3.47. The number of anilines is 1. The van der Waals surface area contributed by atoms with Crippen LogP contribution in [0.1, 0.15) is 15.9 Å². The molecule has 2 amide bonds. The van der Waals surface area contributed by atoms with Gasteiger partial charge in [-0.25, -0.2) is 0 Å². The average Bonchev–Trinajstić information content (AvgIpc) is 2.56. The van der Waals surface area contributed by atoms with E-state index in [0.29, 0.717) is 24.3 Å². The molecule has 0 fully saturated rings. The van der Waals surface area contributed by atoms with Crippen LogP contribution in [0, 0.1) is 0 Å². The second-order valence-corrected chi connectivity index (χ2v) is 5.40. The lowest BCUT2D eigenvalue weighted by molar-refractivity contribution is -0.117. The molecule has 0 unspecified atom stereocenters. The minimum Gasteiger partial charge on any atom is -0.366 e. The summed E-state index contributed by atoms with van der Waals surface area (Å²) in [4.78, 5) is 25.7. The van der Waals surface area contributed by atoms with Crippen LogP contribution in [0.3, 0.4) is 0 Å². The Morgan fingerprint density at radius 1 is 1.08 bits per heavy atom. The SMILES string of the molecule is C=CCN(CC(=O)Nc1ccccc1C(N)=O)Cc1ccccc1. The molecule has 2 rings (SSSR count). The highest BCUT2D eigenvalue weighted by Gasteiger charge is 2.13. The van der Waals surface area contributed by atoms with Gasteiger partial charge >= 0.3 is 0 Å². The number of primary amides is 1. The Kier molecular flexibility index (Phi) is 6.28. The first kappa shape index (κ1) is 17.4. The van der Waals surface area contributed by atoms with Crippen LogP contribution in [0.5, 0.6) is 0 Å². The topological polar surface area (TPSA) is 75.4 Å². The highest BCUT2D eigenvalue weighted by atomic mass is 16.2. The number of rotatable bonds is 8. The third-order valence-corrected chi connectivity index (χ3v) is 3.47. The maximum atomic E-state index is 12.3. The molecule has 0 spiro atoms. The predicted octanol–water partition coefficient (Wildman–Crippen LogP) is 2.41. The fraction of sp³-hybridized carbons (Fsp3) is 0.158. The molecule has 24 heavy (non-hydrogen) atoms. The maximum absolute atomic E-state index is 12.3. The molecule has 5 heteroatoms. The van der Waals surface area contributed by atoms with Gasteiger partial charge in [0.15, 0.2) is 0 Å². The number of carbonyl (C=O) groups excluding carboxylic acids is 2. The largest absolute Gasteiger partial charge is 0.366 e. The molecule has 0 aliphatic heterocycles. The van der Waals surface area contributed by atoms with E-state index in [1.165, 1.54) is 0 Å². The van der Waals surface area contributed by atoms with E-state index >= 15 is 0 Å². The number of benzene rings is 2. The molecule has 0 heterocycles. The quantitative estimate of drug-likeness (QED) is 0.733. The van der Waals surface area contributed by atoms with Gasteiger partial charge in [-0.05, 0) is 17.7 Å². The van der Waals surface area contributed by atoms with Gasteiger partial charge in [0.25, 0.3) is 5.91 Å². The number of amides is 2. The summed E-state index contributed by atoms with van der Waals surface area (Å²) in [5.41, 5.74) is 7.16. The van der Waals surface area contributed by atoms with Gasteiger partial charge in [-0.1, -0.05) is 48.5 Å². The van der Waals surface area contributed by atoms with E-state index in [1.807, 2.05) is 35.2 Å². The second-order valence-electron chi connectivity index (χ2n) is 5.40. The van der Waals surface area contributed by atoms with Crippen molar-refractivity contribution < 1.29 is 9.59 Å². The van der Waals surface area contributed by atoms with E-state index in [-0.39, 0.29) is 12.5 Å². The maximum Gasteiger partial charge on any atom is 0.250 e. The Labute approximate surface area is 141 Å². The number of nitrogens with two attached hydrogens (primary N) is 1. The van der Waals surface area contributed by atoms with Crippen LogP contribution >= 0.6 is 0 Å². The van der Waals surface area contributed by atoms with E-state index in [0.717, 1.165) is 5.56 Å². The van der Waals surface area contributed by atoms with E-state index in [9.17, 15) is 9.59 Å². The normalized spacial score (nSPS) is 10.4. The summed E-state index contributed by atoms with van der Waals surface area (Å²) >= 11 is 0. The Balaban J connectivity index is 2.03. The Hall–Kier alpha value is -2.92. The molecule has 0 saturated carbocycles. The van der Waals surface area contributed by atoms with Gasteiger partial charge < -0.3 is 11.1 Å². The molecular weight excluding hydrogens is 302 g/mol. The van der Waals surface area contributed by atoms with Crippen molar-refractivity contribution in [3.8, 4) is 0 Å². The lowest BCUT2D eigenvalue weighted by Crippen LogP contribution is -2.33. The van der Waals surface area contributed by atoms with Crippen LogP contribution in [-0.4, -0.2) is 29.8 Å². The van der Waals surface area contributed by atoms with Crippen molar-refractivity contribution in [2.75, 3.05) is 18.4 Å². The minimum absolute atomic E-state index is 0.189. The summed E-state index contributed by atoms with van der Waals surface area (Å²) < 4.78 is 0. The van der Waals surface area contributed by atoms with Crippen molar-refractivity contribution in [3.63, 3.8) is 0 Å². The Bertz CT molecular complexity index is 714. The van der Waals surface area contributed by atoms with E-state index in [4.69, 9.17) is 5.73 Å². The number of nitrogens with one attached hydrogen (secondary N) is 1. The monoisotopic (exact) mass is 323 g/mol. The highest BCUT2D eigenvalue weighted by Crippen LogP contribution is 2.14. The number of carbonyl (C=O) groups is 2. The van der Waals surface area contributed by atoms with Crippen LogP contribution in [-0.2, 0) is 11.3 Å². The summed E-state index contributed by atoms with van der Waals surface area (Å²) in [5, 5.41) is 2.75. The lowest BCUT2D eigenvalue weighted by Gasteiger charge is -2.20. The summed E-state index contributed by atoms with van der Waals surface area (Å²) in [6, 6.07) is 16.6. The van der Waals surface area contributed by atoms with Gasteiger partial charge in [0.05, 0.1) is 17.8 Å². The van der Waals surface area contributed by atoms with Crippen molar-refractivity contribution in [2.45, 2.75) is 6.54 Å².